The van der Waals surface area contributed by atoms with Gasteiger partial charge in [-0.1, -0.05) is 23.7 Å². The van der Waals surface area contributed by atoms with E-state index in [2.05, 4.69) is 9.98 Å². The number of nitrogens with zero attached hydrogens (tertiary/aromatic N) is 2. The number of hydrogen-bond donors (Lipinski definition) is 0. The first kappa shape index (κ1) is 16.4. The minimum absolute atomic E-state index is 0.424. The number of allylic oxidation sites excluding steroid dienone is 1. The summed E-state index contributed by atoms with van der Waals surface area (Å²) in [6.07, 6.45) is 2.27. The molecule has 0 radical (unpaired) electrons. The second-order valence-corrected chi connectivity index (χ2v) is 5.39. The maximum atomic E-state index is 13.5. The van der Waals surface area contributed by atoms with E-state index < -0.39 is 6.17 Å². The zero-order valence-electron chi connectivity index (χ0n) is 12.8. The standard InChI is InChI=1S/C18H18ClFN2/c1-4-21-18(14-5-7-16(19)8-6-14)12(2)15-9-10-22-17(11-15)13(3)20/h4-11,13H,1-3H3/b18-12+,21-4?. The lowest BCUT2D eigenvalue weighted by Crippen LogP contribution is -1.94. The van der Waals surface area contributed by atoms with Gasteiger partial charge in [0.05, 0.1) is 11.4 Å². The van der Waals surface area contributed by atoms with Crippen molar-refractivity contribution < 1.29 is 4.39 Å². The van der Waals surface area contributed by atoms with Gasteiger partial charge in [-0.05, 0) is 56.2 Å². The summed E-state index contributed by atoms with van der Waals surface area (Å²) in [5, 5.41) is 0.679. The molecule has 2 rings (SSSR count). The van der Waals surface area contributed by atoms with E-state index in [4.69, 9.17) is 11.6 Å². The Hall–Kier alpha value is -2.00. The number of benzene rings is 1. The second-order valence-electron chi connectivity index (χ2n) is 4.95. The van der Waals surface area contributed by atoms with Crippen LogP contribution >= 0.6 is 11.6 Å². The molecule has 2 nitrogen and oxygen atoms in total. The van der Waals surface area contributed by atoms with E-state index in [1.807, 2.05) is 44.2 Å². The van der Waals surface area contributed by atoms with Crippen molar-refractivity contribution in [2.45, 2.75) is 26.9 Å². The SMILES string of the molecule is CC=N/C(=C(\C)c1ccnc(C(C)F)c1)c1ccc(Cl)cc1. The normalized spacial score (nSPS) is 14.0. The van der Waals surface area contributed by atoms with Gasteiger partial charge in [-0.3, -0.25) is 9.98 Å². The molecule has 0 aliphatic rings. The van der Waals surface area contributed by atoms with Gasteiger partial charge >= 0.3 is 0 Å². The number of hydrogen-bond acceptors (Lipinski definition) is 2. The summed E-state index contributed by atoms with van der Waals surface area (Å²) in [6, 6.07) is 11.1. The first-order valence-corrected chi connectivity index (χ1v) is 7.46. The Kier molecular flexibility index (Phi) is 5.45. The number of halogens is 2. The third kappa shape index (κ3) is 3.80. The fraction of sp³-hybridized carbons (Fsp3) is 0.222. The van der Waals surface area contributed by atoms with Gasteiger partial charge < -0.3 is 0 Å². The Balaban J connectivity index is 2.55. The number of pyridine rings is 1. The van der Waals surface area contributed by atoms with Gasteiger partial charge in [0, 0.05) is 23.0 Å². The molecular formula is C18H18ClFN2. The van der Waals surface area contributed by atoms with Crippen molar-refractivity contribution in [3.05, 3.63) is 64.4 Å². The van der Waals surface area contributed by atoms with Crippen LogP contribution in [0.4, 0.5) is 4.39 Å². The Morgan fingerprint density at radius 1 is 1.23 bits per heavy atom. The molecule has 4 heteroatoms. The van der Waals surface area contributed by atoms with Crippen LogP contribution in [0.2, 0.25) is 5.02 Å². The highest BCUT2D eigenvalue weighted by Crippen LogP contribution is 2.29. The van der Waals surface area contributed by atoms with Gasteiger partial charge in [0.1, 0.15) is 6.17 Å². The Labute approximate surface area is 135 Å². The zero-order chi connectivity index (χ0) is 16.1. The first-order chi connectivity index (χ1) is 10.5. The summed E-state index contributed by atoms with van der Waals surface area (Å²) < 4.78 is 13.5. The monoisotopic (exact) mass is 316 g/mol. The number of aromatic nitrogens is 1. The molecule has 0 fully saturated rings. The molecule has 1 atom stereocenters. The third-order valence-corrected chi connectivity index (χ3v) is 3.60. The highest BCUT2D eigenvalue weighted by atomic mass is 35.5. The smallest absolute Gasteiger partial charge is 0.139 e. The van der Waals surface area contributed by atoms with Crippen LogP contribution in [0.1, 0.15) is 43.8 Å². The number of aliphatic imine (C=N–C) groups is 1. The maximum absolute atomic E-state index is 13.5. The summed E-state index contributed by atoms with van der Waals surface area (Å²) in [6.45, 7) is 5.32. The van der Waals surface area contributed by atoms with Crippen LogP contribution in [0.25, 0.3) is 11.3 Å². The fourth-order valence-corrected chi connectivity index (χ4v) is 2.29. The highest BCUT2D eigenvalue weighted by molar-refractivity contribution is 6.30. The van der Waals surface area contributed by atoms with E-state index in [1.54, 1.807) is 18.5 Å². The van der Waals surface area contributed by atoms with Crippen molar-refractivity contribution in [1.82, 2.24) is 4.98 Å². The average molecular weight is 317 g/mol. The van der Waals surface area contributed by atoms with Crippen molar-refractivity contribution in [3.63, 3.8) is 0 Å². The van der Waals surface area contributed by atoms with Crippen LogP contribution < -0.4 is 0 Å². The highest BCUT2D eigenvalue weighted by Gasteiger charge is 2.10. The number of rotatable bonds is 4. The molecule has 114 valence electrons. The Morgan fingerprint density at radius 2 is 1.91 bits per heavy atom. The predicted molar refractivity (Wildman–Crippen MR) is 91.9 cm³/mol. The predicted octanol–water partition coefficient (Wildman–Crippen LogP) is 5.74. The van der Waals surface area contributed by atoms with Crippen molar-refractivity contribution in [2.24, 2.45) is 4.99 Å². The van der Waals surface area contributed by atoms with Crippen molar-refractivity contribution in [3.8, 4) is 0 Å². The van der Waals surface area contributed by atoms with Crippen LogP contribution in [0.5, 0.6) is 0 Å². The molecule has 1 aromatic heterocycles. The van der Waals surface area contributed by atoms with E-state index in [9.17, 15) is 4.39 Å². The molecule has 22 heavy (non-hydrogen) atoms. The topological polar surface area (TPSA) is 25.2 Å². The lowest BCUT2D eigenvalue weighted by atomic mass is 10.0. The average Bonchev–Trinajstić information content (AvgIpc) is 2.53. The molecule has 0 spiro atoms. The van der Waals surface area contributed by atoms with Crippen LogP contribution in [0.3, 0.4) is 0 Å². The molecule has 1 unspecified atom stereocenters. The minimum Gasteiger partial charge on any atom is -0.261 e. The van der Waals surface area contributed by atoms with E-state index in [0.29, 0.717) is 10.7 Å². The Bertz CT molecular complexity index is 703. The van der Waals surface area contributed by atoms with Gasteiger partial charge in [-0.25, -0.2) is 4.39 Å². The summed E-state index contributed by atoms with van der Waals surface area (Å²) in [7, 11) is 0. The lowest BCUT2D eigenvalue weighted by Gasteiger charge is -2.10. The lowest BCUT2D eigenvalue weighted by molar-refractivity contribution is 0.366. The molecular weight excluding hydrogens is 299 g/mol. The maximum Gasteiger partial charge on any atom is 0.139 e. The van der Waals surface area contributed by atoms with E-state index in [1.165, 1.54) is 6.92 Å². The third-order valence-electron chi connectivity index (χ3n) is 3.35. The molecule has 0 N–H and O–H groups in total. The van der Waals surface area contributed by atoms with E-state index in [0.717, 1.165) is 22.4 Å². The molecule has 0 bridgehead atoms. The number of alkyl halides is 1. The molecule has 1 aromatic carbocycles. The molecule has 0 aliphatic carbocycles. The zero-order valence-corrected chi connectivity index (χ0v) is 13.6. The van der Waals surface area contributed by atoms with Crippen LogP contribution in [0.15, 0.2) is 47.6 Å². The molecule has 0 saturated carbocycles. The molecule has 2 aromatic rings. The van der Waals surface area contributed by atoms with E-state index in [-0.39, 0.29) is 0 Å². The molecule has 0 amide bonds. The van der Waals surface area contributed by atoms with Gasteiger partial charge in [-0.2, -0.15) is 0 Å². The second kappa shape index (κ2) is 7.32. The quantitative estimate of drug-likeness (QED) is 0.660. The molecule has 0 aliphatic heterocycles. The van der Waals surface area contributed by atoms with Crippen molar-refractivity contribution >= 4 is 29.1 Å². The van der Waals surface area contributed by atoms with Crippen LogP contribution in [-0.4, -0.2) is 11.2 Å². The summed E-state index contributed by atoms with van der Waals surface area (Å²) >= 11 is 5.94. The first-order valence-electron chi connectivity index (χ1n) is 7.08. The van der Waals surface area contributed by atoms with Crippen molar-refractivity contribution in [1.29, 1.82) is 0 Å². The van der Waals surface area contributed by atoms with Gasteiger partial charge in [0.15, 0.2) is 0 Å². The summed E-state index contributed by atoms with van der Waals surface area (Å²) in [5.41, 5.74) is 4.09. The van der Waals surface area contributed by atoms with Crippen LogP contribution in [0, 0.1) is 0 Å². The summed E-state index contributed by atoms with van der Waals surface area (Å²) in [5.74, 6) is 0. The van der Waals surface area contributed by atoms with Crippen LogP contribution in [-0.2, 0) is 0 Å². The van der Waals surface area contributed by atoms with Gasteiger partial charge in [0.2, 0.25) is 0 Å². The summed E-state index contributed by atoms with van der Waals surface area (Å²) in [4.78, 5) is 8.53. The largest absolute Gasteiger partial charge is 0.261 e. The Morgan fingerprint density at radius 3 is 2.50 bits per heavy atom. The molecule has 0 saturated heterocycles. The fourth-order valence-electron chi connectivity index (χ4n) is 2.16. The van der Waals surface area contributed by atoms with E-state index >= 15 is 0 Å². The van der Waals surface area contributed by atoms with Gasteiger partial charge in [0.25, 0.3) is 0 Å². The molecule has 1 heterocycles. The minimum atomic E-state index is -1.10. The van der Waals surface area contributed by atoms with Crippen molar-refractivity contribution in [2.75, 3.05) is 0 Å². The van der Waals surface area contributed by atoms with Gasteiger partial charge in [-0.15, -0.1) is 0 Å².